The van der Waals surface area contributed by atoms with E-state index in [1.807, 2.05) is 30.3 Å². The largest absolute Gasteiger partial charge is 0.497 e. The molecule has 0 aliphatic carbocycles. The molecule has 2 aromatic rings. The van der Waals surface area contributed by atoms with E-state index in [0.717, 1.165) is 10.8 Å². The fourth-order valence-electron chi connectivity index (χ4n) is 1.98. The molecular weight excluding hydrogens is 264 g/mol. The highest BCUT2D eigenvalue weighted by Crippen LogP contribution is 2.25. The van der Waals surface area contributed by atoms with Gasteiger partial charge in [-0.2, -0.15) is 8.42 Å². The van der Waals surface area contributed by atoms with Crippen molar-refractivity contribution >= 4 is 20.9 Å². The second-order valence-electron chi connectivity index (χ2n) is 4.11. The maximum absolute atomic E-state index is 11.7. The molecule has 4 nitrogen and oxygen atoms in total. The van der Waals surface area contributed by atoms with Gasteiger partial charge in [-0.25, -0.2) is 0 Å². The number of methoxy groups -OCH3 is 1. The molecule has 0 aliphatic heterocycles. The van der Waals surface area contributed by atoms with Crippen LogP contribution in [0.15, 0.2) is 36.4 Å². The lowest BCUT2D eigenvalue weighted by atomic mass is 10.1. The Morgan fingerprint density at radius 3 is 2.63 bits per heavy atom. The fraction of sp³-hybridized carbons (Fsp3) is 0.286. The number of rotatable bonds is 5. The van der Waals surface area contributed by atoms with E-state index in [2.05, 4.69) is 0 Å². The Morgan fingerprint density at radius 2 is 1.95 bits per heavy atom. The van der Waals surface area contributed by atoms with Gasteiger partial charge in [0.15, 0.2) is 0 Å². The molecule has 0 fully saturated rings. The Bertz CT molecular complexity index is 677. The number of hydrogen-bond acceptors (Lipinski definition) is 4. The van der Waals surface area contributed by atoms with E-state index in [1.54, 1.807) is 20.1 Å². The first-order valence-corrected chi connectivity index (χ1v) is 7.56. The monoisotopic (exact) mass is 280 g/mol. The minimum Gasteiger partial charge on any atom is -0.497 e. The van der Waals surface area contributed by atoms with Gasteiger partial charge < -0.3 is 4.74 Å². The van der Waals surface area contributed by atoms with E-state index in [4.69, 9.17) is 8.92 Å². The van der Waals surface area contributed by atoms with Crippen molar-refractivity contribution in [2.24, 2.45) is 0 Å². The molecule has 2 rings (SSSR count). The summed E-state index contributed by atoms with van der Waals surface area (Å²) in [4.78, 5) is 0. The molecule has 0 amide bonds. The molecule has 0 aromatic heterocycles. The van der Waals surface area contributed by atoms with Crippen molar-refractivity contribution in [1.29, 1.82) is 0 Å². The SMILES string of the molecule is CCOS(=O)(=O)Cc1cccc2ccc(OC)cc12. The number of fused-ring (bicyclic) bond motifs is 1. The molecule has 0 spiro atoms. The minimum atomic E-state index is -3.54. The molecule has 0 radical (unpaired) electrons. The predicted octanol–water partition coefficient (Wildman–Crippen LogP) is 2.71. The third-order valence-corrected chi connectivity index (χ3v) is 4.07. The average molecular weight is 280 g/mol. The maximum Gasteiger partial charge on any atom is 0.271 e. The third-order valence-electron chi connectivity index (χ3n) is 2.81. The number of benzene rings is 2. The molecule has 0 bridgehead atoms. The number of ether oxygens (including phenoxy) is 1. The first-order valence-electron chi connectivity index (χ1n) is 5.98. The second-order valence-corrected chi connectivity index (χ2v) is 5.75. The van der Waals surface area contributed by atoms with Crippen molar-refractivity contribution in [3.8, 4) is 5.75 Å². The molecule has 0 saturated carbocycles. The van der Waals surface area contributed by atoms with Gasteiger partial charge in [-0.05, 0) is 35.4 Å². The van der Waals surface area contributed by atoms with E-state index in [0.29, 0.717) is 11.3 Å². The highest BCUT2D eigenvalue weighted by molar-refractivity contribution is 7.85. The molecule has 2 aromatic carbocycles. The first-order chi connectivity index (χ1) is 9.05. The lowest BCUT2D eigenvalue weighted by Crippen LogP contribution is -2.08. The van der Waals surface area contributed by atoms with Gasteiger partial charge >= 0.3 is 0 Å². The molecule has 19 heavy (non-hydrogen) atoms. The van der Waals surface area contributed by atoms with Gasteiger partial charge in [0.25, 0.3) is 10.1 Å². The van der Waals surface area contributed by atoms with Gasteiger partial charge in [0.05, 0.1) is 13.7 Å². The third kappa shape index (κ3) is 3.24. The highest BCUT2D eigenvalue weighted by Gasteiger charge is 2.14. The standard InChI is InChI=1S/C14H16O4S/c1-3-18-19(15,16)10-12-6-4-5-11-7-8-13(17-2)9-14(11)12/h4-9H,3,10H2,1-2H3. The summed E-state index contributed by atoms with van der Waals surface area (Å²) in [7, 11) is -1.95. The van der Waals surface area contributed by atoms with Crippen LogP contribution in [-0.2, 0) is 20.1 Å². The molecule has 0 N–H and O–H groups in total. The highest BCUT2D eigenvalue weighted by atomic mass is 32.2. The van der Waals surface area contributed by atoms with Crippen molar-refractivity contribution in [2.75, 3.05) is 13.7 Å². The summed E-state index contributed by atoms with van der Waals surface area (Å²) in [5.74, 6) is 0.569. The minimum absolute atomic E-state index is 0.134. The first kappa shape index (κ1) is 13.8. The Hall–Kier alpha value is -1.59. The Balaban J connectivity index is 2.48. The van der Waals surface area contributed by atoms with Crippen LogP contribution in [0.4, 0.5) is 0 Å². The van der Waals surface area contributed by atoms with Gasteiger partial charge in [-0.1, -0.05) is 24.3 Å². The average Bonchev–Trinajstić information content (AvgIpc) is 2.38. The summed E-state index contributed by atoms with van der Waals surface area (Å²) in [6.07, 6.45) is 0. The molecule has 0 atom stereocenters. The second kappa shape index (κ2) is 5.59. The van der Waals surface area contributed by atoms with Crippen LogP contribution in [0.25, 0.3) is 10.8 Å². The summed E-state index contributed by atoms with van der Waals surface area (Å²) in [5, 5.41) is 1.84. The predicted molar refractivity (Wildman–Crippen MR) is 74.7 cm³/mol. The van der Waals surface area contributed by atoms with Gasteiger partial charge in [-0.15, -0.1) is 0 Å². The lowest BCUT2D eigenvalue weighted by Gasteiger charge is -2.09. The Morgan fingerprint density at radius 1 is 1.16 bits per heavy atom. The quantitative estimate of drug-likeness (QED) is 0.790. The summed E-state index contributed by atoms with van der Waals surface area (Å²) in [6.45, 7) is 1.81. The van der Waals surface area contributed by atoms with E-state index in [-0.39, 0.29) is 12.4 Å². The van der Waals surface area contributed by atoms with Gasteiger partial charge in [-0.3, -0.25) is 4.18 Å². The molecule has 0 saturated heterocycles. The molecule has 0 heterocycles. The van der Waals surface area contributed by atoms with E-state index >= 15 is 0 Å². The van der Waals surface area contributed by atoms with Crippen LogP contribution < -0.4 is 4.74 Å². The van der Waals surface area contributed by atoms with Crippen LogP contribution in [0.2, 0.25) is 0 Å². The summed E-state index contributed by atoms with van der Waals surface area (Å²) in [6, 6.07) is 11.2. The zero-order valence-electron chi connectivity index (χ0n) is 10.9. The molecular formula is C14H16O4S. The zero-order chi connectivity index (χ0) is 13.9. The molecule has 0 aliphatic rings. The van der Waals surface area contributed by atoms with E-state index < -0.39 is 10.1 Å². The van der Waals surface area contributed by atoms with Crippen LogP contribution >= 0.6 is 0 Å². The van der Waals surface area contributed by atoms with Crippen molar-refractivity contribution in [1.82, 2.24) is 0 Å². The van der Waals surface area contributed by atoms with Crippen molar-refractivity contribution < 1.29 is 17.3 Å². The van der Waals surface area contributed by atoms with Crippen LogP contribution in [0, 0.1) is 0 Å². The summed E-state index contributed by atoms with van der Waals surface area (Å²) in [5.41, 5.74) is 0.713. The van der Waals surface area contributed by atoms with Gasteiger partial charge in [0, 0.05) is 0 Å². The van der Waals surface area contributed by atoms with Crippen molar-refractivity contribution in [2.45, 2.75) is 12.7 Å². The molecule has 5 heteroatoms. The summed E-state index contributed by atoms with van der Waals surface area (Å²) < 4.78 is 33.4. The van der Waals surface area contributed by atoms with Gasteiger partial charge in [0.2, 0.25) is 0 Å². The Labute approximate surface area is 113 Å². The Kier molecular flexibility index (Phi) is 4.07. The van der Waals surface area contributed by atoms with Crippen LogP contribution in [0.3, 0.4) is 0 Å². The van der Waals surface area contributed by atoms with Crippen molar-refractivity contribution in [3.63, 3.8) is 0 Å². The fourth-order valence-corrected chi connectivity index (χ4v) is 3.06. The smallest absolute Gasteiger partial charge is 0.271 e. The topological polar surface area (TPSA) is 52.6 Å². The summed E-state index contributed by atoms with van der Waals surface area (Å²) >= 11 is 0. The van der Waals surface area contributed by atoms with E-state index in [1.165, 1.54) is 0 Å². The maximum atomic E-state index is 11.7. The molecule has 0 unspecified atom stereocenters. The van der Waals surface area contributed by atoms with Gasteiger partial charge in [0.1, 0.15) is 11.5 Å². The van der Waals surface area contributed by atoms with E-state index in [9.17, 15) is 8.42 Å². The van der Waals surface area contributed by atoms with Crippen LogP contribution in [-0.4, -0.2) is 22.1 Å². The van der Waals surface area contributed by atoms with Crippen LogP contribution in [0.1, 0.15) is 12.5 Å². The lowest BCUT2D eigenvalue weighted by molar-refractivity contribution is 0.337. The molecule has 102 valence electrons. The van der Waals surface area contributed by atoms with Crippen molar-refractivity contribution in [3.05, 3.63) is 42.0 Å². The number of hydrogen-bond donors (Lipinski definition) is 0. The van der Waals surface area contributed by atoms with Crippen LogP contribution in [0.5, 0.6) is 5.75 Å². The zero-order valence-corrected chi connectivity index (χ0v) is 11.7. The normalized spacial score (nSPS) is 11.7.